The van der Waals surface area contributed by atoms with Gasteiger partial charge >= 0.3 is 18.3 Å². The predicted molar refractivity (Wildman–Crippen MR) is 175 cm³/mol. The van der Waals surface area contributed by atoms with Crippen molar-refractivity contribution in [2.45, 2.75) is 64.0 Å². The molecule has 1 atom stereocenters. The number of carbonyl (C=O) groups is 2. The van der Waals surface area contributed by atoms with Gasteiger partial charge in [-0.1, -0.05) is 36.4 Å². The van der Waals surface area contributed by atoms with Crippen LogP contribution in [0.5, 0.6) is 11.5 Å². The molecule has 272 valence electrons. The van der Waals surface area contributed by atoms with E-state index in [0.29, 0.717) is 40.0 Å². The number of alkyl halides is 6. The number of fused-ring (bicyclic) bond motifs is 1. The lowest BCUT2D eigenvalue weighted by molar-refractivity contribution is -0.236. The van der Waals surface area contributed by atoms with E-state index in [-0.39, 0.29) is 6.42 Å². The van der Waals surface area contributed by atoms with Gasteiger partial charge in [0.2, 0.25) is 5.91 Å². The first-order chi connectivity index (χ1) is 23.7. The Kier molecular flexibility index (Phi) is 11.2. The highest BCUT2D eigenvalue weighted by atomic mass is 19.4. The van der Waals surface area contributed by atoms with Gasteiger partial charge in [-0.2, -0.15) is 26.3 Å². The van der Waals surface area contributed by atoms with E-state index in [1.165, 1.54) is 0 Å². The van der Waals surface area contributed by atoms with E-state index >= 15 is 0 Å². The lowest BCUT2D eigenvalue weighted by Crippen LogP contribution is -2.59. The molecule has 50 heavy (non-hydrogen) atoms. The highest BCUT2D eigenvalue weighted by Crippen LogP contribution is 2.47. The number of piperidine rings is 1. The van der Waals surface area contributed by atoms with Crippen LogP contribution in [0.25, 0.3) is 21.9 Å². The van der Waals surface area contributed by atoms with Crippen LogP contribution < -0.4 is 14.8 Å². The van der Waals surface area contributed by atoms with Crippen LogP contribution in [0, 0.1) is 5.41 Å². The monoisotopic (exact) mass is 709 g/mol. The quantitative estimate of drug-likeness (QED) is 0.200. The number of carboxylic acid groups (broad SMARTS) is 1. The zero-order valence-electron chi connectivity index (χ0n) is 27.9. The van der Waals surface area contributed by atoms with Crippen molar-refractivity contribution in [2.24, 2.45) is 5.41 Å². The summed E-state index contributed by atoms with van der Waals surface area (Å²) < 4.78 is 93.8. The molecule has 3 aromatic carbocycles. The van der Waals surface area contributed by atoms with Crippen molar-refractivity contribution in [3.63, 3.8) is 0 Å². The summed E-state index contributed by atoms with van der Waals surface area (Å²) >= 11 is 0. The summed E-state index contributed by atoms with van der Waals surface area (Å²) in [7, 11) is 1.57. The van der Waals surface area contributed by atoms with Gasteiger partial charge in [0.15, 0.2) is 0 Å². The zero-order chi connectivity index (χ0) is 36.3. The van der Waals surface area contributed by atoms with E-state index < -0.39 is 68.2 Å². The molecule has 0 unspecified atom stereocenters. The third-order valence-corrected chi connectivity index (χ3v) is 9.65. The Morgan fingerprint density at radius 1 is 0.920 bits per heavy atom. The van der Waals surface area contributed by atoms with Gasteiger partial charge in [-0.3, -0.25) is 14.6 Å². The summed E-state index contributed by atoms with van der Waals surface area (Å²) in [6, 6.07) is 12.8. The number of carbonyl (C=O) groups excluding carboxylic acids is 1. The Balaban J connectivity index is 1.45. The highest BCUT2D eigenvalue weighted by molar-refractivity contribution is 6.01. The molecule has 2 saturated heterocycles. The van der Waals surface area contributed by atoms with E-state index in [9.17, 15) is 41.0 Å². The van der Waals surface area contributed by atoms with Gasteiger partial charge in [0.1, 0.15) is 23.0 Å². The van der Waals surface area contributed by atoms with Crippen molar-refractivity contribution in [1.82, 2.24) is 15.1 Å². The molecule has 5 rings (SSSR count). The molecule has 2 fully saturated rings. The first kappa shape index (κ1) is 37.2. The topological polar surface area (TPSA) is 91.3 Å². The van der Waals surface area contributed by atoms with Crippen molar-refractivity contribution < 1.29 is 50.5 Å². The highest BCUT2D eigenvalue weighted by Gasteiger charge is 2.61. The van der Waals surface area contributed by atoms with Gasteiger partial charge in [-0.25, -0.2) is 4.79 Å². The van der Waals surface area contributed by atoms with Crippen LogP contribution in [0.15, 0.2) is 48.5 Å². The van der Waals surface area contributed by atoms with E-state index in [1.807, 2.05) is 31.2 Å². The maximum absolute atomic E-state index is 14.4. The van der Waals surface area contributed by atoms with Crippen LogP contribution in [-0.2, 0) is 22.6 Å². The molecule has 2 aliphatic rings. The lowest BCUT2D eigenvalue weighted by Gasteiger charge is -2.42. The average molecular weight is 710 g/mol. The SMILES string of the molecule is CCOc1cc(CN2CCCC2)cc(OC)c1-c1cccc2c(C[C@H](NC(=O)C3(C(F)(F)F)CCN(CC(F)(F)F)CC3)C(=O)O)cccc12. The molecule has 2 aliphatic heterocycles. The largest absolute Gasteiger partial charge is 0.496 e. The summed E-state index contributed by atoms with van der Waals surface area (Å²) in [5.74, 6) is -1.93. The number of hydrogen-bond acceptors (Lipinski definition) is 6. The molecule has 1 amide bonds. The van der Waals surface area contributed by atoms with E-state index in [0.717, 1.165) is 48.5 Å². The van der Waals surface area contributed by atoms with Crippen LogP contribution >= 0.6 is 0 Å². The van der Waals surface area contributed by atoms with Gasteiger partial charge in [-0.15, -0.1) is 0 Å². The Hall–Kier alpha value is -4.04. The first-order valence-electron chi connectivity index (χ1n) is 16.6. The molecule has 0 radical (unpaired) electrons. The maximum Gasteiger partial charge on any atom is 0.403 e. The number of nitrogens with zero attached hydrogens (tertiary/aromatic N) is 2. The van der Waals surface area contributed by atoms with Crippen molar-refractivity contribution in [2.75, 3.05) is 46.4 Å². The second-order valence-electron chi connectivity index (χ2n) is 12.9. The van der Waals surface area contributed by atoms with Gasteiger partial charge in [0.25, 0.3) is 0 Å². The van der Waals surface area contributed by atoms with Crippen LogP contribution in [0.4, 0.5) is 26.3 Å². The average Bonchev–Trinajstić information content (AvgIpc) is 3.56. The number of likely N-dealkylation sites (tertiary alicyclic amines) is 2. The van der Waals surface area contributed by atoms with Crippen molar-refractivity contribution >= 4 is 22.6 Å². The Labute approximate surface area is 286 Å². The molecule has 0 bridgehead atoms. The number of rotatable bonds is 12. The summed E-state index contributed by atoms with van der Waals surface area (Å²) in [4.78, 5) is 28.9. The first-order valence-corrected chi connectivity index (χ1v) is 16.6. The van der Waals surface area contributed by atoms with Gasteiger partial charge in [-0.05, 0) is 98.4 Å². The third kappa shape index (κ3) is 8.12. The van der Waals surface area contributed by atoms with Crippen molar-refractivity contribution in [3.05, 3.63) is 59.7 Å². The van der Waals surface area contributed by atoms with Crippen LogP contribution in [-0.4, -0.2) is 91.6 Å². The number of ether oxygens (including phenoxy) is 2. The molecule has 2 N–H and O–H groups in total. The second-order valence-corrected chi connectivity index (χ2v) is 12.9. The molecular weight excluding hydrogens is 668 g/mol. The number of methoxy groups -OCH3 is 1. The summed E-state index contributed by atoms with van der Waals surface area (Å²) in [6.45, 7) is 2.37. The maximum atomic E-state index is 14.4. The fourth-order valence-corrected chi connectivity index (χ4v) is 7.10. The van der Waals surface area contributed by atoms with Crippen LogP contribution in [0.1, 0.15) is 43.7 Å². The minimum absolute atomic E-state index is 0.347. The normalized spacial score (nSPS) is 17.8. The molecule has 0 aromatic heterocycles. The minimum Gasteiger partial charge on any atom is -0.496 e. The van der Waals surface area contributed by atoms with E-state index in [2.05, 4.69) is 10.2 Å². The fraction of sp³-hybridized carbons (Fsp3) is 0.500. The van der Waals surface area contributed by atoms with Crippen molar-refractivity contribution in [3.8, 4) is 22.6 Å². The van der Waals surface area contributed by atoms with Gasteiger partial charge < -0.3 is 19.9 Å². The number of amides is 1. The fourth-order valence-electron chi connectivity index (χ4n) is 7.10. The summed E-state index contributed by atoms with van der Waals surface area (Å²) in [5, 5.41) is 13.5. The minimum atomic E-state index is -5.11. The number of nitrogens with one attached hydrogen (secondary N) is 1. The number of aliphatic carboxylic acids is 1. The Morgan fingerprint density at radius 2 is 1.56 bits per heavy atom. The Morgan fingerprint density at radius 3 is 2.16 bits per heavy atom. The number of halogens is 6. The zero-order valence-corrected chi connectivity index (χ0v) is 27.9. The van der Waals surface area contributed by atoms with E-state index in [4.69, 9.17) is 9.47 Å². The molecule has 0 saturated carbocycles. The molecule has 14 heteroatoms. The van der Waals surface area contributed by atoms with E-state index in [1.54, 1.807) is 31.4 Å². The standard InChI is InChI=1S/C36H41F6N3O5/c1-3-50-30-19-23(21-44-14-4-5-15-44)18-29(49-2)31(30)27-11-7-9-25-24(8-6-10-26(25)27)20-28(32(46)47)43-33(48)34(36(40,41)42)12-16-45(17-13-34)22-35(37,38)39/h6-11,18-19,28H,3-5,12-17,20-22H2,1-2H3,(H,43,48)(H,46,47)/t28-/m0/s1. The lowest BCUT2D eigenvalue weighted by atomic mass is 9.76. The Bertz CT molecular complexity index is 1680. The van der Waals surface area contributed by atoms with Gasteiger partial charge in [0.05, 0.1) is 25.8 Å². The number of benzene rings is 3. The molecular formula is C36H41F6N3O5. The molecule has 8 nitrogen and oxygen atoms in total. The number of hydrogen-bond donors (Lipinski definition) is 2. The molecule has 0 spiro atoms. The van der Waals surface area contributed by atoms with Crippen LogP contribution in [0.3, 0.4) is 0 Å². The molecule has 3 aromatic rings. The third-order valence-electron chi connectivity index (χ3n) is 9.65. The number of carboxylic acids is 1. The predicted octanol–water partition coefficient (Wildman–Crippen LogP) is 6.83. The second kappa shape index (κ2) is 15.1. The summed E-state index contributed by atoms with van der Waals surface area (Å²) in [5.41, 5.74) is -0.119. The molecule has 0 aliphatic carbocycles. The molecule has 2 heterocycles. The van der Waals surface area contributed by atoms with Crippen LogP contribution in [0.2, 0.25) is 0 Å². The van der Waals surface area contributed by atoms with Gasteiger partial charge in [0, 0.05) is 13.0 Å². The summed E-state index contributed by atoms with van der Waals surface area (Å²) in [6.07, 6.45) is -9.64. The smallest absolute Gasteiger partial charge is 0.403 e. The van der Waals surface area contributed by atoms with Crippen molar-refractivity contribution in [1.29, 1.82) is 0 Å².